The van der Waals surface area contributed by atoms with Crippen molar-refractivity contribution in [2.45, 2.75) is 13.3 Å². The molecule has 0 radical (unpaired) electrons. The summed E-state index contributed by atoms with van der Waals surface area (Å²) in [6.45, 7) is 2.76. The van der Waals surface area contributed by atoms with Crippen LogP contribution in [0.3, 0.4) is 0 Å². The van der Waals surface area contributed by atoms with Crippen LogP contribution >= 0.6 is 0 Å². The van der Waals surface area contributed by atoms with Crippen LogP contribution in [-0.2, 0) is 6.42 Å². The van der Waals surface area contributed by atoms with Crippen LogP contribution in [-0.4, -0.2) is 22.4 Å². The van der Waals surface area contributed by atoms with E-state index < -0.39 is 5.91 Å². The van der Waals surface area contributed by atoms with E-state index in [-0.39, 0.29) is 5.69 Å². The van der Waals surface area contributed by atoms with Gasteiger partial charge < -0.3 is 11.1 Å². The molecule has 1 amide bonds. The molecule has 3 rings (SSSR count). The molecule has 25 heavy (non-hydrogen) atoms. The van der Waals surface area contributed by atoms with E-state index in [0.717, 1.165) is 12.0 Å². The van der Waals surface area contributed by atoms with Gasteiger partial charge in [-0.1, -0.05) is 54.6 Å². The third-order valence-corrected chi connectivity index (χ3v) is 3.99. The summed E-state index contributed by atoms with van der Waals surface area (Å²) in [6.07, 6.45) is 0.845. The minimum absolute atomic E-state index is 0.201. The Morgan fingerprint density at radius 2 is 1.76 bits per heavy atom. The van der Waals surface area contributed by atoms with Crippen molar-refractivity contribution < 1.29 is 4.79 Å². The second-order valence-corrected chi connectivity index (χ2v) is 5.80. The molecule has 1 heterocycles. The van der Waals surface area contributed by atoms with Gasteiger partial charge in [-0.05, 0) is 30.5 Å². The number of aryl methyl sites for hydroxylation is 1. The van der Waals surface area contributed by atoms with Gasteiger partial charge in [0.1, 0.15) is 5.69 Å². The zero-order valence-electron chi connectivity index (χ0n) is 14.1. The molecular weight excluding hydrogens is 312 g/mol. The fourth-order valence-electron chi connectivity index (χ4n) is 2.61. The average molecular weight is 332 g/mol. The molecule has 0 atom stereocenters. The number of primary amides is 1. The Morgan fingerprint density at radius 1 is 1.04 bits per heavy atom. The van der Waals surface area contributed by atoms with Gasteiger partial charge in [0.05, 0.1) is 5.69 Å². The molecule has 0 fully saturated rings. The van der Waals surface area contributed by atoms with E-state index in [2.05, 4.69) is 34.3 Å². The predicted molar refractivity (Wildman–Crippen MR) is 99.4 cm³/mol. The van der Waals surface area contributed by atoms with E-state index in [1.165, 1.54) is 11.1 Å². The van der Waals surface area contributed by atoms with Crippen LogP contribution in [0.15, 0.2) is 60.7 Å². The molecule has 0 saturated carbocycles. The van der Waals surface area contributed by atoms with Gasteiger partial charge in [0.25, 0.3) is 5.91 Å². The van der Waals surface area contributed by atoms with Gasteiger partial charge in [0.15, 0.2) is 0 Å². The van der Waals surface area contributed by atoms with Gasteiger partial charge in [0.2, 0.25) is 5.95 Å². The average Bonchev–Trinajstić information content (AvgIpc) is 2.64. The highest BCUT2D eigenvalue weighted by Crippen LogP contribution is 2.19. The predicted octanol–water partition coefficient (Wildman–Crippen LogP) is 3.21. The second-order valence-electron chi connectivity index (χ2n) is 5.80. The van der Waals surface area contributed by atoms with E-state index in [4.69, 9.17) is 5.73 Å². The van der Waals surface area contributed by atoms with Gasteiger partial charge in [0, 0.05) is 12.1 Å². The summed E-state index contributed by atoms with van der Waals surface area (Å²) < 4.78 is 0. The first-order chi connectivity index (χ1) is 12.1. The number of hydrogen-bond acceptors (Lipinski definition) is 4. The van der Waals surface area contributed by atoms with Crippen LogP contribution in [0.2, 0.25) is 0 Å². The maximum atomic E-state index is 11.6. The summed E-state index contributed by atoms with van der Waals surface area (Å²) in [5.41, 5.74) is 9.71. The number of carbonyl (C=O) groups is 1. The monoisotopic (exact) mass is 332 g/mol. The lowest BCUT2D eigenvalue weighted by Gasteiger charge is -2.10. The van der Waals surface area contributed by atoms with E-state index in [9.17, 15) is 4.79 Å². The standard InChI is InChI=1S/C20H20N4O/c1-14-7-5-6-8-15(14)11-12-22-20-23-17(13-18(24-20)19(21)25)16-9-3-2-4-10-16/h2-10,13H,11-12H2,1H3,(H2,21,25)(H,22,23,24). The van der Waals surface area contributed by atoms with E-state index in [0.29, 0.717) is 18.2 Å². The first-order valence-electron chi connectivity index (χ1n) is 8.16. The Kier molecular flexibility index (Phi) is 5.04. The quantitative estimate of drug-likeness (QED) is 0.726. The van der Waals surface area contributed by atoms with E-state index in [1.54, 1.807) is 6.07 Å². The van der Waals surface area contributed by atoms with Crippen LogP contribution < -0.4 is 11.1 Å². The maximum absolute atomic E-state index is 11.6. The Labute approximate surface area is 146 Å². The highest BCUT2D eigenvalue weighted by atomic mass is 16.1. The fraction of sp³-hybridized carbons (Fsp3) is 0.150. The number of hydrogen-bond donors (Lipinski definition) is 2. The summed E-state index contributed by atoms with van der Waals surface area (Å²) in [6, 6.07) is 19.5. The zero-order chi connectivity index (χ0) is 17.6. The Balaban J connectivity index is 1.80. The van der Waals surface area contributed by atoms with Crippen molar-refractivity contribution >= 4 is 11.9 Å². The Bertz CT molecular complexity index is 878. The molecule has 0 aliphatic heterocycles. The number of nitrogens with zero attached hydrogens (tertiary/aromatic N) is 2. The Morgan fingerprint density at radius 3 is 2.48 bits per heavy atom. The fourth-order valence-corrected chi connectivity index (χ4v) is 2.61. The molecule has 2 aromatic carbocycles. The summed E-state index contributed by atoms with van der Waals surface area (Å²) in [5, 5.41) is 3.20. The molecule has 0 bridgehead atoms. The third kappa shape index (κ3) is 4.20. The molecule has 3 aromatic rings. The molecule has 126 valence electrons. The molecule has 5 nitrogen and oxygen atoms in total. The number of nitrogens with two attached hydrogens (primary N) is 1. The first-order valence-corrected chi connectivity index (χ1v) is 8.16. The molecule has 5 heteroatoms. The number of amides is 1. The third-order valence-electron chi connectivity index (χ3n) is 3.99. The van der Waals surface area contributed by atoms with Crippen molar-refractivity contribution in [2.75, 3.05) is 11.9 Å². The molecule has 3 N–H and O–H groups in total. The number of anilines is 1. The normalized spacial score (nSPS) is 10.4. The van der Waals surface area contributed by atoms with Crippen molar-refractivity contribution in [3.05, 3.63) is 77.5 Å². The molecule has 0 unspecified atom stereocenters. The van der Waals surface area contributed by atoms with Crippen molar-refractivity contribution in [3.63, 3.8) is 0 Å². The molecule has 1 aromatic heterocycles. The van der Waals surface area contributed by atoms with Crippen molar-refractivity contribution in [1.29, 1.82) is 0 Å². The van der Waals surface area contributed by atoms with Crippen LogP contribution in [0, 0.1) is 6.92 Å². The number of benzene rings is 2. The zero-order valence-corrected chi connectivity index (χ0v) is 14.1. The lowest BCUT2D eigenvalue weighted by Crippen LogP contribution is -2.16. The lowest BCUT2D eigenvalue weighted by atomic mass is 10.1. The van der Waals surface area contributed by atoms with Gasteiger partial charge in [-0.25, -0.2) is 9.97 Å². The van der Waals surface area contributed by atoms with Crippen molar-refractivity contribution in [1.82, 2.24) is 9.97 Å². The maximum Gasteiger partial charge on any atom is 0.267 e. The van der Waals surface area contributed by atoms with E-state index in [1.807, 2.05) is 42.5 Å². The number of rotatable bonds is 6. The second kappa shape index (κ2) is 7.57. The van der Waals surface area contributed by atoms with Crippen LogP contribution in [0.4, 0.5) is 5.95 Å². The van der Waals surface area contributed by atoms with Crippen LogP contribution in [0.5, 0.6) is 0 Å². The van der Waals surface area contributed by atoms with Gasteiger partial charge in [-0.2, -0.15) is 0 Å². The Hall–Kier alpha value is -3.21. The smallest absolute Gasteiger partial charge is 0.267 e. The minimum Gasteiger partial charge on any atom is -0.364 e. The number of aromatic nitrogens is 2. The topological polar surface area (TPSA) is 80.9 Å². The molecule has 0 aliphatic rings. The van der Waals surface area contributed by atoms with Crippen molar-refractivity contribution in [3.8, 4) is 11.3 Å². The van der Waals surface area contributed by atoms with Gasteiger partial charge in [-0.3, -0.25) is 4.79 Å². The summed E-state index contributed by atoms with van der Waals surface area (Å²) in [4.78, 5) is 20.3. The van der Waals surface area contributed by atoms with Crippen LogP contribution in [0.25, 0.3) is 11.3 Å². The number of carbonyl (C=O) groups excluding carboxylic acids is 1. The first kappa shape index (κ1) is 16.6. The number of nitrogens with one attached hydrogen (secondary N) is 1. The summed E-state index contributed by atoms with van der Waals surface area (Å²) in [5.74, 6) is -0.162. The SMILES string of the molecule is Cc1ccccc1CCNc1nc(C(N)=O)cc(-c2ccccc2)n1. The van der Waals surface area contributed by atoms with Gasteiger partial charge in [-0.15, -0.1) is 0 Å². The summed E-state index contributed by atoms with van der Waals surface area (Å²) in [7, 11) is 0. The van der Waals surface area contributed by atoms with Crippen molar-refractivity contribution in [2.24, 2.45) is 5.73 Å². The van der Waals surface area contributed by atoms with Gasteiger partial charge >= 0.3 is 0 Å². The highest BCUT2D eigenvalue weighted by molar-refractivity contribution is 5.92. The minimum atomic E-state index is -0.568. The molecule has 0 spiro atoms. The summed E-state index contributed by atoms with van der Waals surface area (Å²) >= 11 is 0. The lowest BCUT2D eigenvalue weighted by molar-refractivity contribution is 0.0995. The van der Waals surface area contributed by atoms with Crippen LogP contribution in [0.1, 0.15) is 21.6 Å². The van der Waals surface area contributed by atoms with E-state index >= 15 is 0 Å². The highest BCUT2D eigenvalue weighted by Gasteiger charge is 2.10. The largest absolute Gasteiger partial charge is 0.364 e. The molecule has 0 aliphatic carbocycles. The molecule has 0 saturated heterocycles. The molecular formula is C20H20N4O.